The van der Waals surface area contributed by atoms with Gasteiger partial charge in [-0.1, -0.05) is 36.1 Å². The van der Waals surface area contributed by atoms with Crippen molar-refractivity contribution in [2.75, 3.05) is 27.9 Å². The van der Waals surface area contributed by atoms with Crippen LogP contribution < -0.4 is 18.9 Å². The summed E-state index contributed by atoms with van der Waals surface area (Å²) in [5.74, 6) is 0.765. The number of carbonyl (C=O) groups excluding carboxylic acids is 2. The van der Waals surface area contributed by atoms with E-state index in [0.29, 0.717) is 39.3 Å². The van der Waals surface area contributed by atoms with E-state index in [1.54, 1.807) is 43.4 Å². The maximum atomic E-state index is 13.1. The summed E-state index contributed by atoms with van der Waals surface area (Å²) in [7, 11) is 4.57. The third-order valence-corrected chi connectivity index (χ3v) is 7.33. The lowest BCUT2D eigenvalue weighted by molar-refractivity contribution is -0.384. The van der Waals surface area contributed by atoms with Crippen molar-refractivity contribution in [2.24, 2.45) is 0 Å². The second kappa shape index (κ2) is 12.6. The summed E-state index contributed by atoms with van der Waals surface area (Å²) in [6.45, 7) is 0.401. The third-order valence-electron chi connectivity index (χ3n) is 5.95. The van der Waals surface area contributed by atoms with Crippen molar-refractivity contribution in [3.8, 4) is 23.0 Å². The molecule has 0 bridgehead atoms. The summed E-state index contributed by atoms with van der Waals surface area (Å²) < 4.78 is 21.9. The first-order chi connectivity index (χ1) is 19.2. The van der Waals surface area contributed by atoms with Gasteiger partial charge in [0.1, 0.15) is 4.32 Å². The standard InChI is InChI=1S/C28H24N2O8S2/c1-35-21-10-4-17(14-23(21)36-2)12-13-29-26(31)25(40-28(29)39)16-18-5-11-22(24(15-18)37-3)38-27(32)19-6-8-20(9-7-19)30(33)34/h4-11,14-16H,12-13H2,1-3H3/b25-16+. The SMILES string of the molecule is COc1ccc(CCN2C(=O)/C(=C\c3ccc(OC(=O)c4ccc([N+](=O)[O-])cc4)c(OC)c3)SC2=S)cc1OC. The number of nitro benzene ring substituents is 1. The molecule has 3 aromatic rings. The molecule has 1 amide bonds. The number of nitro groups is 1. The first-order valence-electron chi connectivity index (χ1n) is 11.8. The Balaban J connectivity index is 1.44. The van der Waals surface area contributed by atoms with Gasteiger partial charge in [-0.2, -0.15) is 0 Å². The van der Waals surface area contributed by atoms with Gasteiger partial charge in [0.05, 0.1) is 36.7 Å². The number of thioether (sulfide) groups is 1. The lowest BCUT2D eigenvalue weighted by Crippen LogP contribution is -2.30. The van der Waals surface area contributed by atoms with Gasteiger partial charge in [-0.25, -0.2) is 4.79 Å². The smallest absolute Gasteiger partial charge is 0.343 e. The van der Waals surface area contributed by atoms with Crippen LogP contribution in [0.15, 0.2) is 65.6 Å². The van der Waals surface area contributed by atoms with Crippen LogP contribution in [-0.2, 0) is 11.2 Å². The number of non-ortho nitro benzene ring substituents is 1. The highest BCUT2D eigenvalue weighted by molar-refractivity contribution is 8.26. The first-order valence-corrected chi connectivity index (χ1v) is 13.1. The fraction of sp³-hybridized carbons (Fsp3) is 0.179. The van der Waals surface area contributed by atoms with Gasteiger partial charge < -0.3 is 18.9 Å². The Morgan fingerprint density at radius 2 is 1.60 bits per heavy atom. The highest BCUT2D eigenvalue weighted by atomic mass is 32.2. The van der Waals surface area contributed by atoms with Crippen LogP contribution in [0.3, 0.4) is 0 Å². The number of methoxy groups -OCH3 is 3. The number of nitrogens with zero attached hydrogens (tertiary/aromatic N) is 2. The fourth-order valence-electron chi connectivity index (χ4n) is 3.86. The van der Waals surface area contributed by atoms with Crippen LogP contribution in [-0.4, -0.2) is 53.9 Å². The van der Waals surface area contributed by atoms with Crippen molar-refractivity contribution in [3.63, 3.8) is 0 Å². The number of amides is 1. The molecule has 1 fully saturated rings. The lowest BCUT2D eigenvalue weighted by atomic mass is 10.1. The van der Waals surface area contributed by atoms with Crippen LogP contribution in [0.4, 0.5) is 5.69 Å². The molecule has 40 heavy (non-hydrogen) atoms. The number of ether oxygens (including phenoxy) is 4. The number of hydrogen-bond donors (Lipinski definition) is 0. The molecule has 0 radical (unpaired) electrons. The van der Waals surface area contributed by atoms with Crippen molar-refractivity contribution in [3.05, 3.63) is 92.4 Å². The summed E-state index contributed by atoms with van der Waals surface area (Å²) in [6, 6.07) is 15.5. The Kier molecular flexibility index (Phi) is 9.02. The van der Waals surface area contributed by atoms with Crippen LogP contribution in [0.5, 0.6) is 23.0 Å². The zero-order valence-corrected chi connectivity index (χ0v) is 23.4. The highest BCUT2D eigenvalue weighted by Crippen LogP contribution is 2.35. The maximum absolute atomic E-state index is 13.1. The summed E-state index contributed by atoms with van der Waals surface area (Å²) in [6.07, 6.45) is 2.27. The second-order valence-electron chi connectivity index (χ2n) is 8.38. The van der Waals surface area contributed by atoms with Crippen molar-refractivity contribution < 1.29 is 33.5 Å². The van der Waals surface area contributed by atoms with E-state index in [9.17, 15) is 19.7 Å². The van der Waals surface area contributed by atoms with Crippen LogP contribution >= 0.6 is 24.0 Å². The minimum absolute atomic E-state index is 0.134. The molecule has 0 atom stereocenters. The van der Waals surface area contributed by atoms with Crippen molar-refractivity contribution >= 4 is 51.9 Å². The Bertz CT molecular complexity index is 1500. The number of esters is 1. The Morgan fingerprint density at radius 1 is 0.950 bits per heavy atom. The summed E-state index contributed by atoms with van der Waals surface area (Å²) in [4.78, 5) is 37.9. The van der Waals surface area contributed by atoms with Crippen molar-refractivity contribution in [1.29, 1.82) is 0 Å². The normalized spacial score (nSPS) is 13.9. The van der Waals surface area contributed by atoms with E-state index in [0.717, 1.165) is 5.56 Å². The number of benzene rings is 3. The van der Waals surface area contributed by atoms with E-state index < -0.39 is 10.9 Å². The maximum Gasteiger partial charge on any atom is 0.343 e. The highest BCUT2D eigenvalue weighted by Gasteiger charge is 2.31. The predicted molar refractivity (Wildman–Crippen MR) is 154 cm³/mol. The van der Waals surface area contributed by atoms with Crippen LogP contribution in [0.1, 0.15) is 21.5 Å². The number of carbonyl (C=O) groups is 2. The summed E-state index contributed by atoms with van der Waals surface area (Å²) in [5.41, 5.74) is 1.63. The molecule has 10 nitrogen and oxygen atoms in total. The lowest BCUT2D eigenvalue weighted by Gasteiger charge is -2.15. The Hall–Kier alpha value is -4.42. The summed E-state index contributed by atoms with van der Waals surface area (Å²) >= 11 is 6.67. The van der Waals surface area contributed by atoms with Crippen LogP contribution in [0, 0.1) is 10.1 Å². The molecule has 4 rings (SSSR count). The van der Waals surface area contributed by atoms with Gasteiger partial charge in [0.25, 0.3) is 11.6 Å². The van der Waals surface area contributed by atoms with E-state index >= 15 is 0 Å². The largest absolute Gasteiger partial charge is 0.493 e. The van der Waals surface area contributed by atoms with Crippen LogP contribution in [0.2, 0.25) is 0 Å². The van der Waals surface area contributed by atoms with E-state index in [4.69, 9.17) is 31.2 Å². The number of thiocarbonyl (C=S) groups is 1. The van der Waals surface area contributed by atoms with Gasteiger partial charge in [0.2, 0.25) is 0 Å². The zero-order chi connectivity index (χ0) is 28.8. The van der Waals surface area contributed by atoms with Crippen molar-refractivity contribution in [1.82, 2.24) is 4.90 Å². The molecule has 1 saturated heterocycles. The molecule has 0 aromatic heterocycles. The minimum atomic E-state index is -0.698. The summed E-state index contributed by atoms with van der Waals surface area (Å²) in [5, 5.41) is 10.8. The van der Waals surface area contributed by atoms with Gasteiger partial charge in [-0.05, 0) is 60.0 Å². The number of rotatable bonds is 10. The second-order valence-corrected chi connectivity index (χ2v) is 10.1. The molecule has 0 spiro atoms. The third kappa shape index (κ3) is 6.41. The van der Waals surface area contributed by atoms with Gasteiger partial charge in [-0.15, -0.1) is 0 Å². The van der Waals surface area contributed by atoms with Crippen molar-refractivity contribution in [2.45, 2.75) is 6.42 Å². The first kappa shape index (κ1) is 28.6. The molecule has 206 valence electrons. The predicted octanol–water partition coefficient (Wildman–Crippen LogP) is 5.28. The average Bonchev–Trinajstić information content (AvgIpc) is 3.23. The molecule has 0 aliphatic carbocycles. The van der Waals surface area contributed by atoms with Gasteiger partial charge in [-0.3, -0.25) is 19.8 Å². The molecular weight excluding hydrogens is 556 g/mol. The zero-order valence-electron chi connectivity index (χ0n) is 21.7. The fourth-order valence-corrected chi connectivity index (χ4v) is 5.17. The average molecular weight is 581 g/mol. The van der Waals surface area contributed by atoms with Gasteiger partial charge in [0, 0.05) is 18.7 Å². The van der Waals surface area contributed by atoms with Crippen LogP contribution in [0.25, 0.3) is 6.08 Å². The van der Waals surface area contributed by atoms with Gasteiger partial charge >= 0.3 is 5.97 Å². The minimum Gasteiger partial charge on any atom is -0.493 e. The molecule has 3 aromatic carbocycles. The van der Waals surface area contributed by atoms with E-state index in [1.807, 2.05) is 18.2 Å². The molecule has 12 heteroatoms. The molecule has 0 unspecified atom stereocenters. The molecule has 1 aliphatic rings. The number of hydrogen-bond acceptors (Lipinski definition) is 10. The van der Waals surface area contributed by atoms with E-state index in [-0.39, 0.29) is 28.7 Å². The van der Waals surface area contributed by atoms with E-state index in [1.165, 1.54) is 43.1 Å². The topological polar surface area (TPSA) is 117 Å². The van der Waals surface area contributed by atoms with Gasteiger partial charge in [0.15, 0.2) is 23.0 Å². The monoisotopic (exact) mass is 580 g/mol. The molecule has 0 saturated carbocycles. The quantitative estimate of drug-likeness (QED) is 0.0782. The Labute approximate surface area is 239 Å². The van der Waals surface area contributed by atoms with E-state index in [2.05, 4.69) is 0 Å². The Morgan fingerprint density at radius 3 is 2.25 bits per heavy atom. The molecular formula is C28H24N2O8S2. The molecule has 1 aliphatic heterocycles. The molecule has 0 N–H and O–H groups in total. The molecule has 1 heterocycles.